The lowest BCUT2D eigenvalue weighted by molar-refractivity contribution is 0.716. The van der Waals surface area contributed by atoms with Crippen LogP contribution in [0.15, 0.2) is 77.9 Å². The quantitative estimate of drug-likeness (QED) is 0.331. The summed E-state index contributed by atoms with van der Waals surface area (Å²) in [5, 5.41) is 14.4. The Kier molecular flexibility index (Phi) is 4.33. The monoisotopic (exact) mass is 397 g/mol. The van der Waals surface area contributed by atoms with Crippen molar-refractivity contribution in [2.75, 3.05) is 0 Å². The Labute approximate surface area is 172 Å². The first kappa shape index (κ1) is 17.6. The molecule has 0 radical (unpaired) electrons. The second kappa shape index (κ2) is 7.14. The van der Waals surface area contributed by atoms with Gasteiger partial charge in [0.25, 0.3) is 0 Å². The number of benzene rings is 3. The van der Waals surface area contributed by atoms with Gasteiger partial charge in [-0.15, -0.1) is 0 Å². The number of H-pyrrole nitrogens is 1. The maximum atomic E-state index is 5.43. The minimum absolute atomic E-state index is 0.477. The van der Waals surface area contributed by atoms with Gasteiger partial charge in [0, 0.05) is 21.8 Å². The van der Waals surface area contributed by atoms with E-state index in [4.69, 9.17) is 12.2 Å². The molecule has 0 saturated heterocycles. The molecule has 0 spiro atoms. The number of aromatic amines is 1. The van der Waals surface area contributed by atoms with Crippen LogP contribution in [0.1, 0.15) is 17.0 Å². The summed E-state index contributed by atoms with van der Waals surface area (Å²) in [5.74, 6) is 0.756. The van der Waals surface area contributed by atoms with Crippen molar-refractivity contribution in [2.24, 2.45) is 5.10 Å². The van der Waals surface area contributed by atoms with Gasteiger partial charge in [0.15, 0.2) is 5.82 Å². The molecule has 5 rings (SSSR count). The van der Waals surface area contributed by atoms with Crippen LogP contribution < -0.4 is 0 Å². The molecule has 0 fully saturated rings. The number of fused-ring (bicyclic) bond motifs is 3. The Bertz CT molecular complexity index is 1370. The predicted molar refractivity (Wildman–Crippen MR) is 120 cm³/mol. The maximum absolute atomic E-state index is 5.43. The number of aromatic nitrogens is 4. The van der Waals surface area contributed by atoms with Crippen LogP contribution in [0.4, 0.5) is 0 Å². The van der Waals surface area contributed by atoms with Crippen LogP contribution in [0.2, 0.25) is 0 Å². The van der Waals surface area contributed by atoms with E-state index in [1.807, 2.05) is 24.4 Å². The van der Waals surface area contributed by atoms with Gasteiger partial charge in [-0.2, -0.15) is 14.9 Å². The zero-order chi connectivity index (χ0) is 19.8. The van der Waals surface area contributed by atoms with E-state index < -0.39 is 0 Å². The molecule has 0 unspecified atom stereocenters. The lowest BCUT2D eigenvalue weighted by Gasteiger charge is -2.07. The van der Waals surface area contributed by atoms with Gasteiger partial charge in [-0.3, -0.25) is 5.10 Å². The number of rotatable bonds is 4. The van der Waals surface area contributed by atoms with Crippen LogP contribution in [-0.4, -0.2) is 25.7 Å². The normalized spacial score (nSPS) is 11.8. The molecule has 29 heavy (non-hydrogen) atoms. The molecule has 0 bridgehead atoms. The summed E-state index contributed by atoms with van der Waals surface area (Å²) in [6.45, 7) is 2.63. The van der Waals surface area contributed by atoms with E-state index in [0.29, 0.717) is 11.3 Å². The van der Waals surface area contributed by atoms with Gasteiger partial charge in [0.1, 0.15) is 0 Å². The van der Waals surface area contributed by atoms with Crippen LogP contribution in [-0.2, 0) is 6.54 Å². The molecular weight excluding hydrogens is 378 g/mol. The number of para-hydroxylation sites is 2. The molecular formula is C23H19N5S. The summed E-state index contributed by atoms with van der Waals surface area (Å²) >= 11 is 5.43. The first-order valence-electron chi connectivity index (χ1n) is 9.44. The first-order valence-corrected chi connectivity index (χ1v) is 9.85. The highest BCUT2D eigenvalue weighted by atomic mass is 32.1. The van der Waals surface area contributed by atoms with Crippen molar-refractivity contribution in [3.63, 3.8) is 0 Å². The fourth-order valence-electron chi connectivity index (χ4n) is 3.71. The number of hydrogen-bond donors (Lipinski definition) is 1. The summed E-state index contributed by atoms with van der Waals surface area (Å²) in [6, 6.07) is 25.0. The predicted octanol–water partition coefficient (Wildman–Crippen LogP) is 5.29. The zero-order valence-electron chi connectivity index (χ0n) is 15.9. The third-order valence-corrected chi connectivity index (χ3v) is 5.46. The van der Waals surface area contributed by atoms with Gasteiger partial charge >= 0.3 is 0 Å². The second-order valence-corrected chi connectivity index (χ2v) is 7.37. The van der Waals surface area contributed by atoms with Crippen LogP contribution in [0.25, 0.3) is 21.8 Å². The van der Waals surface area contributed by atoms with Gasteiger partial charge < -0.3 is 4.57 Å². The summed E-state index contributed by atoms with van der Waals surface area (Å²) in [5.41, 5.74) is 4.54. The van der Waals surface area contributed by atoms with Crippen molar-refractivity contribution in [2.45, 2.75) is 13.5 Å². The highest BCUT2D eigenvalue weighted by Crippen LogP contribution is 2.29. The molecule has 1 N–H and O–H groups in total. The maximum Gasteiger partial charge on any atom is 0.216 e. The molecule has 3 aromatic carbocycles. The van der Waals surface area contributed by atoms with Gasteiger partial charge in [0.05, 0.1) is 12.8 Å². The second-order valence-electron chi connectivity index (χ2n) is 6.98. The highest BCUT2D eigenvalue weighted by molar-refractivity contribution is 7.71. The topological polar surface area (TPSA) is 50.9 Å². The van der Waals surface area contributed by atoms with Crippen LogP contribution in [0.3, 0.4) is 0 Å². The lowest BCUT2D eigenvalue weighted by Crippen LogP contribution is -2.06. The summed E-state index contributed by atoms with van der Waals surface area (Å²) in [6.07, 6.45) is 1.83. The van der Waals surface area contributed by atoms with E-state index in [1.54, 1.807) is 4.68 Å². The number of hydrogen-bond acceptors (Lipinski definition) is 3. The Hall–Kier alpha value is -3.51. The minimum Gasteiger partial charge on any atom is -0.333 e. The fraction of sp³-hybridized carbons (Fsp3) is 0.0870. The van der Waals surface area contributed by atoms with Crippen molar-refractivity contribution in [1.29, 1.82) is 0 Å². The Balaban J connectivity index is 1.61. The Morgan fingerprint density at radius 3 is 2.24 bits per heavy atom. The SMILES string of the molecule is Cc1ccccc1/C=N/n1c(Cn2c3ccccc3c3ccccc32)n[nH]c1=S. The van der Waals surface area contributed by atoms with E-state index >= 15 is 0 Å². The lowest BCUT2D eigenvalue weighted by atomic mass is 10.1. The fourth-order valence-corrected chi connectivity index (χ4v) is 3.91. The van der Waals surface area contributed by atoms with Crippen molar-refractivity contribution in [3.05, 3.63) is 94.5 Å². The van der Waals surface area contributed by atoms with Crippen molar-refractivity contribution in [3.8, 4) is 0 Å². The van der Waals surface area contributed by atoms with Crippen molar-refractivity contribution in [1.82, 2.24) is 19.4 Å². The van der Waals surface area contributed by atoms with Gasteiger partial charge in [-0.25, -0.2) is 0 Å². The van der Waals surface area contributed by atoms with E-state index in [2.05, 4.69) is 81.4 Å². The van der Waals surface area contributed by atoms with E-state index in [1.165, 1.54) is 10.8 Å². The molecule has 142 valence electrons. The third kappa shape index (κ3) is 3.07. The highest BCUT2D eigenvalue weighted by Gasteiger charge is 2.13. The van der Waals surface area contributed by atoms with Crippen LogP contribution >= 0.6 is 12.2 Å². The Morgan fingerprint density at radius 2 is 1.55 bits per heavy atom. The van der Waals surface area contributed by atoms with Gasteiger partial charge in [0.2, 0.25) is 4.77 Å². The van der Waals surface area contributed by atoms with Crippen molar-refractivity contribution >= 4 is 40.2 Å². The van der Waals surface area contributed by atoms with Gasteiger partial charge in [-0.05, 0) is 42.4 Å². The first-order chi connectivity index (χ1) is 14.2. The van der Waals surface area contributed by atoms with E-state index in [0.717, 1.165) is 28.0 Å². The average molecular weight is 398 g/mol. The molecule has 2 aromatic heterocycles. The largest absolute Gasteiger partial charge is 0.333 e. The molecule has 0 aliphatic carbocycles. The summed E-state index contributed by atoms with van der Waals surface area (Å²) in [7, 11) is 0. The number of aryl methyl sites for hydroxylation is 1. The zero-order valence-corrected chi connectivity index (χ0v) is 16.7. The summed E-state index contributed by atoms with van der Waals surface area (Å²) in [4.78, 5) is 0. The molecule has 2 heterocycles. The smallest absolute Gasteiger partial charge is 0.216 e. The molecule has 0 atom stereocenters. The average Bonchev–Trinajstić information content (AvgIpc) is 3.26. The molecule has 5 nitrogen and oxygen atoms in total. The van der Waals surface area contributed by atoms with Gasteiger partial charge in [-0.1, -0.05) is 60.7 Å². The van der Waals surface area contributed by atoms with Crippen LogP contribution in [0, 0.1) is 11.7 Å². The Morgan fingerprint density at radius 1 is 0.931 bits per heavy atom. The number of nitrogens with zero attached hydrogens (tertiary/aromatic N) is 4. The molecule has 0 aliphatic heterocycles. The molecule has 5 aromatic rings. The molecule has 6 heteroatoms. The van der Waals surface area contributed by atoms with Crippen molar-refractivity contribution < 1.29 is 0 Å². The molecule has 0 amide bonds. The van der Waals surface area contributed by atoms with E-state index in [-0.39, 0.29) is 0 Å². The molecule has 0 saturated carbocycles. The minimum atomic E-state index is 0.477. The third-order valence-electron chi connectivity index (χ3n) is 5.20. The number of nitrogens with one attached hydrogen (secondary N) is 1. The van der Waals surface area contributed by atoms with E-state index in [9.17, 15) is 0 Å². The standard InChI is InChI=1S/C23H19N5S/c1-16-8-2-3-9-17(16)14-24-28-22(25-26-23(28)29)15-27-20-12-6-4-10-18(20)19-11-5-7-13-21(19)27/h2-14H,15H2,1H3,(H,26,29)/b24-14+. The summed E-state index contributed by atoms with van der Waals surface area (Å²) < 4.78 is 4.44. The van der Waals surface area contributed by atoms with Crippen LogP contribution in [0.5, 0.6) is 0 Å². The molecule has 0 aliphatic rings.